The number of amides is 1. The van der Waals surface area contributed by atoms with Gasteiger partial charge in [0, 0.05) is 31.8 Å². The Hall–Kier alpha value is -0.810. The van der Waals surface area contributed by atoms with Crippen molar-refractivity contribution < 1.29 is 14.6 Å². The van der Waals surface area contributed by atoms with Gasteiger partial charge >= 0.3 is 6.09 Å². The molecule has 1 amide bonds. The molecular formula is C14H26N2O3. The van der Waals surface area contributed by atoms with E-state index in [0.29, 0.717) is 12.0 Å². The predicted molar refractivity (Wildman–Crippen MR) is 72.9 cm³/mol. The molecule has 2 fully saturated rings. The van der Waals surface area contributed by atoms with Crippen LogP contribution in [0.1, 0.15) is 32.6 Å². The van der Waals surface area contributed by atoms with Gasteiger partial charge in [-0.2, -0.15) is 0 Å². The highest BCUT2D eigenvalue weighted by Crippen LogP contribution is 2.36. The maximum atomic E-state index is 11.4. The average molecular weight is 270 g/mol. The number of carbonyl (C=O) groups is 1. The van der Waals surface area contributed by atoms with Gasteiger partial charge in [0.1, 0.15) is 0 Å². The summed E-state index contributed by atoms with van der Waals surface area (Å²) >= 11 is 0. The number of hydrogen-bond donors (Lipinski definition) is 2. The summed E-state index contributed by atoms with van der Waals surface area (Å²) in [5.74, 6) is 1.29. The van der Waals surface area contributed by atoms with Crippen LogP contribution in [0.15, 0.2) is 0 Å². The second-order valence-corrected chi connectivity index (χ2v) is 5.98. The first-order chi connectivity index (χ1) is 9.13. The van der Waals surface area contributed by atoms with E-state index in [0.717, 1.165) is 31.8 Å². The maximum absolute atomic E-state index is 11.4. The van der Waals surface area contributed by atoms with E-state index in [2.05, 4.69) is 21.9 Å². The molecule has 5 heteroatoms. The molecule has 3 unspecified atom stereocenters. The molecule has 1 saturated heterocycles. The molecule has 1 aliphatic carbocycles. The third kappa shape index (κ3) is 4.08. The molecule has 1 saturated carbocycles. The fourth-order valence-electron chi connectivity index (χ4n) is 3.17. The average Bonchev–Trinajstić information content (AvgIpc) is 3.22. The zero-order valence-electron chi connectivity index (χ0n) is 12.0. The number of hydrogen-bond acceptors (Lipinski definition) is 4. The zero-order valence-corrected chi connectivity index (χ0v) is 12.0. The number of aliphatic hydroxyl groups excluding tert-OH is 1. The Kier molecular flexibility index (Phi) is 5.05. The first-order valence-corrected chi connectivity index (χ1v) is 7.33. The number of alkyl carbamates (subject to hydrolysis) is 1. The molecule has 2 N–H and O–H groups in total. The number of ether oxygens (including phenoxy) is 1. The van der Waals surface area contributed by atoms with E-state index in [1.54, 1.807) is 0 Å². The lowest BCUT2D eigenvalue weighted by Crippen LogP contribution is -2.53. The van der Waals surface area contributed by atoms with Gasteiger partial charge in [-0.05, 0) is 44.4 Å². The molecule has 0 aromatic carbocycles. The normalized spacial score (nSPS) is 29.8. The van der Waals surface area contributed by atoms with Gasteiger partial charge in [-0.3, -0.25) is 4.90 Å². The van der Waals surface area contributed by atoms with Crippen LogP contribution in [-0.2, 0) is 4.74 Å². The first-order valence-electron chi connectivity index (χ1n) is 7.33. The van der Waals surface area contributed by atoms with Crippen LogP contribution in [-0.4, -0.2) is 55.0 Å². The Balaban J connectivity index is 1.93. The lowest BCUT2D eigenvalue weighted by Gasteiger charge is -2.41. The summed E-state index contributed by atoms with van der Waals surface area (Å²) in [4.78, 5) is 13.8. The number of carbonyl (C=O) groups excluding carboxylic acids is 1. The van der Waals surface area contributed by atoms with Gasteiger partial charge < -0.3 is 15.2 Å². The molecule has 0 radical (unpaired) electrons. The van der Waals surface area contributed by atoms with Crippen molar-refractivity contribution in [3.05, 3.63) is 0 Å². The molecule has 0 aromatic heterocycles. The number of likely N-dealkylation sites (tertiary alicyclic amines) is 1. The number of piperidine rings is 1. The van der Waals surface area contributed by atoms with E-state index in [1.165, 1.54) is 20.0 Å². The predicted octanol–water partition coefficient (Wildman–Crippen LogP) is 1.21. The van der Waals surface area contributed by atoms with Gasteiger partial charge in [-0.1, -0.05) is 0 Å². The summed E-state index contributed by atoms with van der Waals surface area (Å²) in [6.45, 7) is 4.45. The summed E-state index contributed by atoms with van der Waals surface area (Å²) in [7, 11) is 1.40. The molecule has 0 spiro atoms. The Morgan fingerprint density at radius 1 is 1.47 bits per heavy atom. The van der Waals surface area contributed by atoms with Crippen LogP contribution in [0.25, 0.3) is 0 Å². The fraction of sp³-hybridized carbons (Fsp3) is 0.929. The molecule has 3 atom stereocenters. The van der Waals surface area contributed by atoms with Crippen LogP contribution in [0.3, 0.4) is 0 Å². The van der Waals surface area contributed by atoms with E-state index in [1.807, 2.05) is 0 Å². The second-order valence-electron chi connectivity index (χ2n) is 5.98. The molecule has 0 bridgehead atoms. The molecule has 0 aromatic rings. The van der Waals surface area contributed by atoms with Crippen LogP contribution in [0, 0.1) is 11.8 Å². The molecule has 110 valence electrons. The monoisotopic (exact) mass is 270 g/mol. The third-order valence-corrected chi connectivity index (χ3v) is 4.49. The van der Waals surface area contributed by atoms with Crippen molar-refractivity contribution >= 4 is 6.09 Å². The van der Waals surface area contributed by atoms with Crippen molar-refractivity contribution in [1.82, 2.24) is 10.2 Å². The lowest BCUT2D eigenvalue weighted by atomic mass is 9.90. The number of nitrogens with zero attached hydrogens (tertiary/aromatic N) is 1. The lowest BCUT2D eigenvalue weighted by molar-refractivity contribution is 0.0791. The summed E-state index contributed by atoms with van der Waals surface area (Å²) in [5, 5.41) is 12.1. The van der Waals surface area contributed by atoms with Crippen molar-refractivity contribution in [2.24, 2.45) is 11.8 Å². The van der Waals surface area contributed by atoms with E-state index >= 15 is 0 Å². The number of nitrogens with one attached hydrogen (secondary N) is 1. The van der Waals surface area contributed by atoms with Crippen molar-refractivity contribution in [2.45, 2.75) is 44.7 Å². The minimum Gasteiger partial charge on any atom is -0.453 e. The second kappa shape index (κ2) is 6.57. The smallest absolute Gasteiger partial charge is 0.407 e. The fourth-order valence-corrected chi connectivity index (χ4v) is 3.17. The van der Waals surface area contributed by atoms with Gasteiger partial charge in [0.05, 0.1) is 7.11 Å². The number of aliphatic hydroxyl groups is 1. The number of methoxy groups -OCH3 is 1. The molecule has 2 rings (SSSR count). The van der Waals surface area contributed by atoms with Gasteiger partial charge in [0.25, 0.3) is 0 Å². The minimum atomic E-state index is -0.353. The standard InChI is InChI=1S/C14H26N2O3/c1-10(12-3-4-12)16-8-11(5-6-17)7-13(9-16)15-14(18)19-2/h10-13,17H,3-9H2,1-2H3,(H,15,18). The summed E-state index contributed by atoms with van der Waals surface area (Å²) < 4.78 is 4.69. The maximum Gasteiger partial charge on any atom is 0.407 e. The summed E-state index contributed by atoms with van der Waals surface area (Å²) in [6.07, 6.45) is 4.06. The van der Waals surface area contributed by atoms with Crippen LogP contribution < -0.4 is 5.32 Å². The van der Waals surface area contributed by atoms with Crippen molar-refractivity contribution in [3.8, 4) is 0 Å². The SMILES string of the molecule is COC(=O)NC1CC(CCO)CN(C(C)C2CC2)C1. The van der Waals surface area contributed by atoms with E-state index in [-0.39, 0.29) is 18.7 Å². The molecule has 19 heavy (non-hydrogen) atoms. The summed E-state index contributed by atoms with van der Waals surface area (Å²) in [5.41, 5.74) is 0. The Morgan fingerprint density at radius 2 is 2.21 bits per heavy atom. The van der Waals surface area contributed by atoms with E-state index < -0.39 is 0 Å². The van der Waals surface area contributed by atoms with E-state index in [4.69, 9.17) is 5.11 Å². The van der Waals surface area contributed by atoms with Crippen molar-refractivity contribution in [3.63, 3.8) is 0 Å². The van der Waals surface area contributed by atoms with Crippen LogP contribution in [0.2, 0.25) is 0 Å². The van der Waals surface area contributed by atoms with Crippen LogP contribution in [0.4, 0.5) is 4.79 Å². The molecular weight excluding hydrogens is 244 g/mol. The molecule has 2 aliphatic rings. The largest absolute Gasteiger partial charge is 0.453 e. The van der Waals surface area contributed by atoms with Gasteiger partial charge in [0.15, 0.2) is 0 Å². The molecule has 1 heterocycles. The zero-order chi connectivity index (χ0) is 13.8. The highest BCUT2D eigenvalue weighted by molar-refractivity contribution is 5.67. The minimum absolute atomic E-state index is 0.138. The van der Waals surface area contributed by atoms with Crippen molar-refractivity contribution in [1.29, 1.82) is 0 Å². The van der Waals surface area contributed by atoms with Gasteiger partial charge in [0.2, 0.25) is 0 Å². The van der Waals surface area contributed by atoms with Crippen LogP contribution >= 0.6 is 0 Å². The van der Waals surface area contributed by atoms with Crippen LogP contribution in [0.5, 0.6) is 0 Å². The Labute approximate surface area is 115 Å². The van der Waals surface area contributed by atoms with E-state index in [9.17, 15) is 4.79 Å². The quantitative estimate of drug-likeness (QED) is 0.788. The van der Waals surface area contributed by atoms with Gasteiger partial charge in [-0.25, -0.2) is 4.79 Å². The Bertz CT molecular complexity index is 307. The Morgan fingerprint density at radius 3 is 2.79 bits per heavy atom. The molecule has 1 aliphatic heterocycles. The topological polar surface area (TPSA) is 61.8 Å². The van der Waals surface area contributed by atoms with Crippen molar-refractivity contribution in [2.75, 3.05) is 26.8 Å². The highest BCUT2D eigenvalue weighted by atomic mass is 16.5. The number of rotatable bonds is 5. The summed E-state index contributed by atoms with van der Waals surface area (Å²) in [6, 6.07) is 0.724. The molecule has 5 nitrogen and oxygen atoms in total. The first kappa shape index (κ1) is 14.6. The highest BCUT2D eigenvalue weighted by Gasteiger charge is 2.36. The van der Waals surface area contributed by atoms with Gasteiger partial charge in [-0.15, -0.1) is 0 Å². The third-order valence-electron chi connectivity index (χ3n) is 4.49.